The van der Waals surface area contributed by atoms with Gasteiger partial charge in [0.2, 0.25) is 0 Å². The van der Waals surface area contributed by atoms with E-state index < -0.39 is 0 Å². The van der Waals surface area contributed by atoms with E-state index in [4.69, 9.17) is 10.5 Å². The van der Waals surface area contributed by atoms with E-state index in [-0.39, 0.29) is 11.9 Å². The van der Waals surface area contributed by atoms with Gasteiger partial charge in [-0.05, 0) is 47.9 Å². The Morgan fingerprint density at radius 2 is 1.90 bits per heavy atom. The first-order valence-electron chi connectivity index (χ1n) is 6.52. The van der Waals surface area contributed by atoms with Crippen molar-refractivity contribution in [3.8, 4) is 5.75 Å². The second-order valence-electron chi connectivity index (χ2n) is 4.65. The highest BCUT2D eigenvalue weighted by atomic mass is 79.9. The molecule has 0 saturated heterocycles. The number of halogens is 2. The lowest BCUT2D eigenvalue weighted by Gasteiger charge is -2.11. The van der Waals surface area contributed by atoms with Gasteiger partial charge in [-0.2, -0.15) is 0 Å². The molecular formula is C16H17BrFNO. The van der Waals surface area contributed by atoms with Crippen LogP contribution in [-0.4, -0.2) is 0 Å². The lowest BCUT2D eigenvalue weighted by molar-refractivity contribution is 0.305. The van der Waals surface area contributed by atoms with Crippen LogP contribution in [-0.2, 0) is 6.61 Å². The van der Waals surface area contributed by atoms with Crippen LogP contribution in [0.1, 0.15) is 30.5 Å². The molecule has 106 valence electrons. The molecule has 0 heterocycles. The average molecular weight is 338 g/mol. The summed E-state index contributed by atoms with van der Waals surface area (Å²) in [5.74, 6) is 0.472. The van der Waals surface area contributed by atoms with Gasteiger partial charge in [0.15, 0.2) is 0 Å². The molecule has 0 bridgehead atoms. The molecule has 0 saturated carbocycles. The van der Waals surface area contributed by atoms with Gasteiger partial charge in [-0.1, -0.05) is 35.0 Å². The first-order chi connectivity index (χ1) is 9.58. The highest BCUT2D eigenvalue weighted by Gasteiger charge is 2.04. The van der Waals surface area contributed by atoms with Crippen molar-refractivity contribution < 1.29 is 9.13 Å². The minimum absolute atomic E-state index is 0.0585. The van der Waals surface area contributed by atoms with Crippen molar-refractivity contribution in [2.24, 2.45) is 5.73 Å². The molecule has 2 rings (SSSR count). The van der Waals surface area contributed by atoms with E-state index >= 15 is 0 Å². The zero-order chi connectivity index (χ0) is 14.5. The van der Waals surface area contributed by atoms with Crippen LogP contribution in [0.3, 0.4) is 0 Å². The van der Waals surface area contributed by atoms with Crippen molar-refractivity contribution in [1.82, 2.24) is 0 Å². The molecule has 0 unspecified atom stereocenters. The van der Waals surface area contributed by atoms with E-state index in [9.17, 15) is 4.39 Å². The molecule has 1 atom stereocenters. The van der Waals surface area contributed by atoms with Crippen LogP contribution >= 0.6 is 15.9 Å². The van der Waals surface area contributed by atoms with Crippen LogP contribution in [0, 0.1) is 5.82 Å². The molecule has 2 aromatic rings. The predicted molar refractivity (Wildman–Crippen MR) is 82.1 cm³/mol. The Bertz CT molecular complexity index is 551. The fourth-order valence-corrected chi connectivity index (χ4v) is 2.42. The van der Waals surface area contributed by atoms with Crippen LogP contribution in [0.5, 0.6) is 5.75 Å². The molecule has 0 aliphatic heterocycles. The van der Waals surface area contributed by atoms with Gasteiger partial charge in [0.05, 0.1) is 0 Å². The summed E-state index contributed by atoms with van der Waals surface area (Å²) in [4.78, 5) is 0. The zero-order valence-corrected chi connectivity index (χ0v) is 12.9. The highest BCUT2D eigenvalue weighted by molar-refractivity contribution is 9.10. The molecule has 0 fully saturated rings. The summed E-state index contributed by atoms with van der Waals surface area (Å²) in [5.41, 5.74) is 7.83. The van der Waals surface area contributed by atoms with Gasteiger partial charge in [-0.3, -0.25) is 0 Å². The predicted octanol–water partition coefficient (Wildman–Crippen LogP) is 4.58. The summed E-state index contributed by atoms with van der Waals surface area (Å²) in [6.07, 6.45) is 0.900. The van der Waals surface area contributed by atoms with E-state index in [1.165, 1.54) is 12.1 Å². The Balaban J connectivity index is 2.00. The summed E-state index contributed by atoms with van der Waals surface area (Å²) in [7, 11) is 0. The van der Waals surface area contributed by atoms with Gasteiger partial charge in [0.25, 0.3) is 0 Å². The summed E-state index contributed by atoms with van der Waals surface area (Å²) in [6, 6.07) is 12.5. The first-order valence-corrected chi connectivity index (χ1v) is 7.31. The molecular weight excluding hydrogens is 321 g/mol. The Labute approximate surface area is 126 Å². The number of hydrogen-bond donors (Lipinski definition) is 1. The summed E-state index contributed by atoms with van der Waals surface area (Å²) in [6.45, 7) is 2.38. The van der Waals surface area contributed by atoms with Gasteiger partial charge < -0.3 is 10.5 Å². The van der Waals surface area contributed by atoms with E-state index in [0.717, 1.165) is 23.3 Å². The molecule has 0 radical (unpaired) electrons. The molecule has 0 aromatic heterocycles. The molecule has 4 heteroatoms. The fraction of sp³-hybridized carbons (Fsp3) is 0.250. The van der Waals surface area contributed by atoms with E-state index in [2.05, 4.69) is 22.9 Å². The summed E-state index contributed by atoms with van der Waals surface area (Å²) in [5, 5.41) is 0. The van der Waals surface area contributed by atoms with Gasteiger partial charge >= 0.3 is 0 Å². The number of rotatable bonds is 5. The maximum absolute atomic E-state index is 13.2. The van der Waals surface area contributed by atoms with Crippen molar-refractivity contribution in [2.75, 3.05) is 0 Å². The number of hydrogen-bond acceptors (Lipinski definition) is 2. The molecule has 0 aliphatic carbocycles. The highest BCUT2D eigenvalue weighted by Crippen LogP contribution is 2.20. The Kier molecular flexibility index (Phi) is 5.15. The largest absolute Gasteiger partial charge is 0.489 e. The number of ether oxygens (including phenoxy) is 1. The third-order valence-corrected chi connectivity index (χ3v) is 3.53. The Morgan fingerprint density at radius 1 is 1.20 bits per heavy atom. The van der Waals surface area contributed by atoms with Gasteiger partial charge in [0, 0.05) is 10.5 Å². The molecule has 0 amide bonds. The van der Waals surface area contributed by atoms with E-state index in [0.29, 0.717) is 11.1 Å². The summed E-state index contributed by atoms with van der Waals surface area (Å²) < 4.78 is 19.6. The Hall–Kier alpha value is -1.39. The Morgan fingerprint density at radius 3 is 2.50 bits per heavy atom. The second-order valence-corrected chi connectivity index (χ2v) is 5.57. The maximum atomic E-state index is 13.2. The average Bonchev–Trinajstić information content (AvgIpc) is 2.44. The maximum Gasteiger partial charge on any atom is 0.124 e. The summed E-state index contributed by atoms with van der Waals surface area (Å²) >= 11 is 3.26. The molecule has 0 spiro atoms. The van der Waals surface area contributed by atoms with Crippen molar-refractivity contribution in [3.05, 3.63) is 63.9 Å². The third-order valence-electron chi connectivity index (χ3n) is 3.08. The normalized spacial score (nSPS) is 12.2. The van der Waals surface area contributed by atoms with Crippen molar-refractivity contribution >= 4 is 15.9 Å². The third kappa shape index (κ3) is 4.05. The van der Waals surface area contributed by atoms with Crippen LogP contribution in [0.2, 0.25) is 0 Å². The monoisotopic (exact) mass is 337 g/mol. The van der Waals surface area contributed by atoms with Gasteiger partial charge in [0.1, 0.15) is 18.2 Å². The molecule has 20 heavy (non-hydrogen) atoms. The molecule has 2 aromatic carbocycles. The van der Waals surface area contributed by atoms with Gasteiger partial charge in [-0.15, -0.1) is 0 Å². The van der Waals surface area contributed by atoms with Crippen LogP contribution in [0.4, 0.5) is 4.39 Å². The zero-order valence-electron chi connectivity index (χ0n) is 11.3. The van der Waals surface area contributed by atoms with E-state index in [1.807, 2.05) is 30.3 Å². The second kappa shape index (κ2) is 6.86. The van der Waals surface area contributed by atoms with E-state index in [1.54, 1.807) is 0 Å². The van der Waals surface area contributed by atoms with Crippen LogP contribution < -0.4 is 10.5 Å². The lowest BCUT2D eigenvalue weighted by Crippen LogP contribution is -2.08. The topological polar surface area (TPSA) is 35.2 Å². The number of nitrogens with two attached hydrogens (primary N) is 1. The SMILES string of the molecule is CC[C@@H](N)c1ccc(OCc2cc(F)cc(Br)c2)cc1. The van der Waals surface area contributed by atoms with Crippen molar-refractivity contribution in [3.63, 3.8) is 0 Å². The van der Waals surface area contributed by atoms with Crippen molar-refractivity contribution in [2.45, 2.75) is 26.0 Å². The van der Waals surface area contributed by atoms with Crippen LogP contribution in [0.15, 0.2) is 46.9 Å². The van der Waals surface area contributed by atoms with Crippen LogP contribution in [0.25, 0.3) is 0 Å². The fourth-order valence-electron chi connectivity index (χ4n) is 1.91. The van der Waals surface area contributed by atoms with Gasteiger partial charge in [-0.25, -0.2) is 4.39 Å². The first kappa shape index (κ1) is 15.0. The standard InChI is InChI=1S/C16H17BrFNO/c1-2-16(19)12-3-5-15(6-4-12)20-10-11-7-13(17)9-14(18)8-11/h3-9,16H,2,10,19H2,1H3/t16-/m1/s1. The minimum Gasteiger partial charge on any atom is -0.489 e. The minimum atomic E-state index is -0.276. The quantitative estimate of drug-likeness (QED) is 0.866. The molecule has 2 N–H and O–H groups in total. The molecule has 2 nitrogen and oxygen atoms in total. The smallest absolute Gasteiger partial charge is 0.124 e. The lowest BCUT2D eigenvalue weighted by atomic mass is 10.1. The number of benzene rings is 2. The van der Waals surface area contributed by atoms with Crippen molar-refractivity contribution in [1.29, 1.82) is 0 Å². The molecule has 0 aliphatic rings.